The Labute approximate surface area is 108 Å². The molecule has 0 bridgehead atoms. The normalized spacial score (nSPS) is 20.8. The molecule has 0 amide bonds. The fraction of sp³-hybridized carbons (Fsp3) is 0.667. The molecular weight excluding hydrogens is 236 g/mol. The van der Waals surface area contributed by atoms with Crippen LogP contribution in [0.3, 0.4) is 0 Å². The molecule has 17 heavy (non-hydrogen) atoms. The maximum Gasteiger partial charge on any atom is 0.224 e. The Kier molecular flexibility index (Phi) is 3.84. The minimum Gasteiger partial charge on any atom is -0.358 e. The van der Waals surface area contributed by atoms with Gasteiger partial charge in [0, 0.05) is 31.4 Å². The van der Waals surface area contributed by atoms with Gasteiger partial charge >= 0.3 is 0 Å². The maximum atomic E-state index is 5.88. The first-order valence-electron chi connectivity index (χ1n) is 5.99. The SMILES string of the molecule is Cc1cc(N(C)CC2CCCN2C)nc(Cl)n1. The van der Waals surface area contributed by atoms with Crippen LogP contribution in [0.15, 0.2) is 6.07 Å². The van der Waals surface area contributed by atoms with E-state index in [0.717, 1.165) is 18.1 Å². The zero-order chi connectivity index (χ0) is 12.4. The van der Waals surface area contributed by atoms with Crippen LogP contribution in [-0.4, -0.2) is 48.1 Å². The van der Waals surface area contributed by atoms with Gasteiger partial charge in [-0.05, 0) is 45.0 Å². The molecule has 1 aromatic heterocycles. The lowest BCUT2D eigenvalue weighted by molar-refractivity contribution is 0.314. The summed E-state index contributed by atoms with van der Waals surface area (Å²) in [6, 6.07) is 2.59. The van der Waals surface area contributed by atoms with Gasteiger partial charge < -0.3 is 9.80 Å². The number of aryl methyl sites for hydroxylation is 1. The minimum absolute atomic E-state index is 0.326. The largest absolute Gasteiger partial charge is 0.358 e. The van der Waals surface area contributed by atoms with Crippen molar-refractivity contribution >= 4 is 17.4 Å². The molecule has 0 aromatic carbocycles. The van der Waals surface area contributed by atoms with Gasteiger partial charge in [-0.1, -0.05) is 0 Å². The topological polar surface area (TPSA) is 32.3 Å². The van der Waals surface area contributed by atoms with Crippen molar-refractivity contribution < 1.29 is 0 Å². The van der Waals surface area contributed by atoms with Gasteiger partial charge in [-0.2, -0.15) is 0 Å². The smallest absolute Gasteiger partial charge is 0.224 e. The lowest BCUT2D eigenvalue weighted by Crippen LogP contribution is -2.37. The second kappa shape index (κ2) is 5.19. The van der Waals surface area contributed by atoms with Crippen molar-refractivity contribution in [1.29, 1.82) is 0 Å². The van der Waals surface area contributed by atoms with Gasteiger partial charge in [-0.25, -0.2) is 9.97 Å². The molecule has 1 fully saturated rings. The zero-order valence-corrected chi connectivity index (χ0v) is 11.4. The number of halogens is 1. The summed E-state index contributed by atoms with van der Waals surface area (Å²) < 4.78 is 0. The van der Waals surface area contributed by atoms with Crippen molar-refractivity contribution in [2.24, 2.45) is 0 Å². The Morgan fingerprint density at radius 3 is 2.88 bits per heavy atom. The van der Waals surface area contributed by atoms with Crippen LogP contribution in [0.2, 0.25) is 5.28 Å². The van der Waals surface area contributed by atoms with E-state index in [4.69, 9.17) is 11.6 Å². The van der Waals surface area contributed by atoms with Gasteiger partial charge in [0.25, 0.3) is 0 Å². The first kappa shape index (κ1) is 12.6. The molecule has 2 rings (SSSR count). The summed E-state index contributed by atoms with van der Waals surface area (Å²) in [5.74, 6) is 0.905. The Hall–Kier alpha value is -0.870. The predicted molar refractivity (Wildman–Crippen MR) is 70.7 cm³/mol. The Bertz CT molecular complexity index is 376. The van der Waals surface area contributed by atoms with E-state index in [9.17, 15) is 0 Å². The molecule has 0 spiro atoms. The first-order valence-corrected chi connectivity index (χ1v) is 6.36. The minimum atomic E-state index is 0.326. The number of rotatable bonds is 3. The first-order chi connectivity index (χ1) is 8.06. The number of anilines is 1. The van der Waals surface area contributed by atoms with Crippen LogP contribution >= 0.6 is 11.6 Å². The lowest BCUT2D eigenvalue weighted by Gasteiger charge is -2.26. The molecule has 0 saturated carbocycles. The lowest BCUT2D eigenvalue weighted by atomic mass is 10.2. The van der Waals surface area contributed by atoms with Crippen LogP contribution in [0.5, 0.6) is 0 Å². The van der Waals surface area contributed by atoms with Crippen molar-refractivity contribution in [2.45, 2.75) is 25.8 Å². The van der Waals surface area contributed by atoms with Gasteiger partial charge in [-0.15, -0.1) is 0 Å². The van der Waals surface area contributed by atoms with Crippen molar-refractivity contribution in [2.75, 3.05) is 32.1 Å². The predicted octanol–water partition coefficient (Wildman–Crippen LogP) is 1.97. The maximum absolute atomic E-state index is 5.88. The standard InChI is InChI=1S/C12H19ClN4/c1-9-7-11(15-12(13)14-9)17(3)8-10-5-4-6-16(10)2/h7,10H,4-6,8H2,1-3H3. The van der Waals surface area contributed by atoms with Crippen molar-refractivity contribution in [3.05, 3.63) is 17.0 Å². The van der Waals surface area contributed by atoms with Crippen LogP contribution in [-0.2, 0) is 0 Å². The monoisotopic (exact) mass is 254 g/mol. The van der Waals surface area contributed by atoms with Crippen LogP contribution in [0.1, 0.15) is 18.5 Å². The summed E-state index contributed by atoms with van der Waals surface area (Å²) in [6.07, 6.45) is 2.55. The Morgan fingerprint density at radius 2 is 2.29 bits per heavy atom. The molecule has 4 nitrogen and oxygen atoms in total. The van der Waals surface area contributed by atoms with Gasteiger partial charge in [0.15, 0.2) is 0 Å². The molecule has 0 N–H and O–H groups in total. The molecule has 1 atom stereocenters. The molecule has 1 aliphatic rings. The van der Waals surface area contributed by atoms with Crippen LogP contribution < -0.4 is 4.90 Å². The molecular formula is C12H19ClN4. The molecule has 1 saturated heterocycles. The van der Waals surface area contributed by atoms with Crippen molar-refractivity contribution in [1.82, 2.24) is 14.9 Å². The van der Waals surface area contributed by atoms with Crippen LogP contribution in [0.25, 0.3) is 0 Å². The van der Waals surface area contributed by atoms with Gasteiger partial charge in [0.05, 0.1) is 0 Å². The summed E-state index contributed by atoms with van der Waals surface area (Å²) in [6.45, 7) is 4.12. The highest BCUT2D eigenvalue weighted by atomic mass is 35.5. The third-order valence-corrected chi connectivity index (χ3v) is 3.53. The van der Waals surface area contributed by atoms with Crippen molar-refractivity contribution in [3.8, 4) is 0 Å². The number of hydrogen-bond acceptors (Lipinski definition) is 4. The molecule has 2 heterocycles. The molecule has 1 aliphatic heterocycles. The van der Waals surface area contributed by atoms with Gasteiger partial charge in [-0.3, -0.25) is 0 Å². The summed E-state index contributed by atoms with van der Waals surface area (Å²) in [4.78, 5) is 12.9. The van der Waals surface area contributed by atoms with E-state index in [1.54, 1.807) is 0 Å². The van der Waals surface area contributed by atoms with E-state index < -0.39 is 0 Å². The Balaban J connectivity index is 2.06. The number of hydrogen-bond donors (Lipinski definition) is 0. The molecule has 1 unspecified atom stereocenters. The van der Waals surface area contributed by atoms with E-state index in [1.165, 1.54) is 19.4 Å². The fourth-order valence-electron chi connectivity index (χ4n) is 2.33. The summed E-state index contributed by atoms with van der Waals surface area (Å²) in [5, 5.41) is 0.326. The zero-order valence-electron chi connectivity index (χ0n) is 10.6. The quantitative estimate of drug-likeness (QED) is 0.772. The average molecular weight is 255 g/mol. The molecule has 5 heteroatoms. The highest BCUT2D eigenvalue weighted by Crippen LogP contribution is 2.19. The highest BCUT2D eigenvalue weighted by Gasteiger charge is 2.22. The van der Waals surface area contributed by atoms with Crippen LogP contribution in [0, 0.1) is 6.92 Å². The molecule has 1 aromatic rings. The average Bonchev–Trinajstić information content (AvgIpc) is 2.63. The number of likely N-dealkylation sites (N-methyl/N-ethyl adjacent to an activating group) is 2. The van der Waals surface area contributed by atoms with Crippen LogP contribution in [0.4, 0.5) is 5.82 Å². The Morgan fingerprint density at radius 1 is 1.53 bits per heavy atom. The van der Waals surface area contributed by atoms with E-state index >= 15 is 0 Å². The summed E-state index contributed by atoms with van der Waals surface area (Å²) in [7, 11) is 4.24. The second-order valence-electron chi connectivity index (χ2n) is 4.79. The molecule has 0 radical (unpaired) electrons. The van der Waals surface area contributed by atoms with Gasteiger partial charge in [0.2, 0.25) is 5.28 Å². The molecule has 94 valence electrons. The third-order valence-electron chi connectivity index (χ3n) is 3.36. The summed E-state index contributed by atoms with van der Waals surface area (Å²) >= 11 is 5.88. The number of nitrogens with zero attached hydrogens (tertiary/aromatic N) is 4. The summed E-state index contributed by atoms with van der Waals surface area (Å²) in [5.41, 5.74) is 0.909. The third kappa shape index (κ3) is 3.07. The fourth-order valence-corrected chi connectivity index (χ4v) is 2.55. The molecule has 0 aliphatic carbocycles. The second-order valence-corrected chi connectivity index (χ2v) is 5.13. The number of likely N-dealkylation sites (tertiary alicyclic amines) is 1. The van der Waals surface area contributed by atoms with E-state index in [1.807, 2.05) is 13.0 Å². The van der Waals surface area contributed by atoms with Gasteiger partial charge in [0.1, 0.15) is 5.82 Å². The van der Waals surface area contributed by atoms with Crippen molar-refractivity contribution in [3.63, 3.8) is 0 Å². The van der Waals surface area contributed by atoms with E-state index in [0.29, 0.717) is 11.3 Å². The number of aromatic nitrogens is 2. The van der Waals surface area contributed by atoms with E-state index in [2.05, 4.69) is 33.9 Å². The highest BCUT2D eigenvalue weighted by molar-refractivity contribution is 6.28. The van der Waals surface area contributed by atoms with E-state index in [-0.39, 0.29) is 0 Å².